The third-order valence-corrected chi connectivity index (χ3v) is 4.60. The zero-order valence-corrected chi connectivity index (χ0v) is 14.6. The Morgan fingerprint density at radius 2 is 2.08 bits per heavy atom. The highest BCUT2D eigenvalue weighted by Gasteiger charge is 2.30. The quantitative estimate of drug-likeness (QED) is 0.595. The van der Waals surface area contributed by atoms with Crippen molar-refractivity contribution in [3.8, 4) is 0 Å². The third-order valence-electron chi connectivity index (χ3n) is 2.83. The molecule has 2 heterocycles. The molecule has 0 spiro atoms. The van der Waals surface area contributed by atoms with Crippen molar-refractivity contribution in [2.75, 3.05) is 17.7 Å². The van der Waals surface area contributed by atoms with E-state index in [9.17, 15) is 22.8 Å². The molecule has 0 radical (unpaired) electrons. The van der Waals surface area contributed by atoms with Crippen LogP contribution in [0.25, 0.3) is 0 Å². The molecule has 134 valence electrons. The van der Waals surface area contributed by atoms with Crippen LogP contribution in [0.1, 0.15) is 22.8 Å². The van der Waals surface area contributed by atoms with Gasteiger partial charge in [-0.2, -0.15) is 13.2 Å². The molecule has 0 atom stereocenters. The molecule has 0 aromatic carbocycles. The fraction of sp³-hybridized carbons (Fsp3) is 0.267. The van der Waals surface area contributed by atoms with Crippen molar-refractivity contribution in [3.63, 3.8) is 0 Å². The van der Waals surface area contributed by atoms with Gasteiger partial charge in [0.05, 0.1) is 28.5 Å². The standard InChI is InChI=1S/C15H13F3N2O3S2/c1-2-23-14(22)10-5-6-24-13(10)20-11(21)8-25-12-4-3-9(7-19-12)15(16,17)18/h3-7H,2,8H2,1H3,(H,20,21). The van der Waals surface area contributed by atoms with E-state index in [2.05, 4.69) is 10.3 Å². The van der Waals surface area contributed by atoms with Crippen LogP contribution in [-0.4, -0.2) is 29.2 Å². The van der Waals surface area contributed by atoms with Gasteiger partial charge >= 0.3 is 12.1 Å². The van der Waals surface area contributed by atoms with Crippen molar-refractivity contribution in [2.45, 2.75) is 18.1 Å². The topological polar surface area (TPSA) is 68.3 Å². The lowest BCUT2D eigenvalue weighted by atomic mass is 10.3. The van der Waals surface area contributed by atoms with Crippen LogP contribution in [0.2, 0.25) is 0 Å². The Morgan fingerprint density at radius 3 is 2.68 bits per heavy atom. The smallest absolute Gasteiger partial charge is 0.417 e. The van der Waals surface area contributed by atoms with Crippen LogP contribution in [-0.2, 0) is 15.7 Å². The fourth-order valence-electron chi connectivity index (χ4n) is 1.71. The zero-order chi connectivity index (χ0) is 18.4. The third kappa shape index (κ3) is 5.46. The lowest BCUT2D eigenvalue weighted by molar-refractivity contribution is -0.137. The molecule has 0 saturated heterocycles. The van der Waals surface area contributed by atoms with Gasteiger partial charge in [-0.05, 0) is 30.5 Å². The van der Waals surface area contributed by atoms with Crippen molar-refractivity contribution >= 4 is 40.0 Å². The van der Waals surface area contributed by atoms with Gasteiger partial charge in [-0.3, -0.25) is 4.79 Å². The predicted molar refractivity (Wildman–Crippen MR) is 88.9 cm³/mol. The fourth-order valence-corrected chi connectivity index (χ4v) is 3.15. The van der Waals surface area contributed by atoms with Crippen molar-refractivity contribution in [2.24, 2.45) is 0 Å². The number of thiophene rings is 1. The molecule has 5 nitrogen and oxygen atoms in total. The Labute approximate surface area is 149 Å². The van der Waals surface area contributed by atoms with Crippen molar-refractivity contribution in [1.82, 2.24) is 4.98 Å². The SMILES string of the molecule is CCOC(=O)c1ccsc1NC(=O)CSc1ccc(C(F)(F)F)cn1. The Morgan fingerprint density at radius 1 is 1.32 bits per heavy atom. The predicted octanol–water partition coefficient (Wildman–Crippen LogP) is 4.07. The number of hydrogen-bond acceptors (Lipinski definition) is 6. The van der Waals surface area contributed by atoms with Gasteiger partial charge in [0.2, 0.25) is 5.91 Å². The summed E-state index contributed by atoms with van der Waals surface area (Å²) in [5.41, 5.74) is -0.586. The highest BCUT2D eigenvalue weighted by Crippen LogP contribution is 2.29. The maximum Gasteiger partial charge on any atom is 0.417 e. The first-order valence-electron chi connectivity index (χ1n) is 7.01. The van der Waals surface area contributed by atoms with E-state index in [0.29, 0.717) is 10.0 Å². The summed E-state index contributed by atoms with van der Waals surface area (Å²) in [6, 6.07) is 3.66. The molecule has 0 unspecified atom stereocenters. The van der Waals surface area contributed by atoms with E-state index in [1.54, 1.807) is 18.4 Å². The number of nitrogens with one attached hydrogen (secondary N) is 1. The van der Waals surface area contributed by atoms with E-state index >= 15 is 0 Å². The molecule has 2 rings (SSSR count). The van der Waals surface area contributed by atoms with Crippen LogP contribution in [0, 0.1) is 0 Å². The summed E-state index contributed by atoms with van der Waals surface area (Å²) in [4.78, 5) is 27.4. The summed E-state index contributed by atoms with van der Waals surface area (Å²) in [5.74, 6) is -0.991. The number of anilines is 1. The molecule has 2 aromatic rings. The minimum Gasteiger partial charge on any atom is -0.462 e. The van der Waals surface area contributed by atoms with Gasteiger partial charge in [-0.15, -0.1) is 11.3 Å². The molecule has 0 bridgehead atoms. The highest BCUT2D eigenvalue weighted by molar-refractivity contribution is 7.99. The van der Waals surface area contributed by atoms with Crippen LogP contribution in [0.5, 0.6) is 0 Å². The van der Waals surface area contributed by atoms with E-state index in [1.165, 1.54) is 17.4 Å². The summed E-state index contributed by atoms with van der Waals surface area (Å²) < 4.78 is 42.3. The summed E-state index contributed by atoms with van der Waals surface area (Å²) in [6.07, 6.45) is -3.73. The van der Waals surface area contributed by atoms with Gasteiger partial charge in [0.15, 0.2) is 0 Å². The lowest BCUT2D eigenvalue weighted by Gasteiger charge is -2.07. The number of thioether (sulfide) groups is 1. The molecular weight excluding hydrogens is 377 g/mol. The molecule has 25 heavy (non-hydrogen) atoms. The Hall–Kier alpha value is -2.07. The second kappa shape index (κ2) is 8.34. The van der Waals surface area contributed by atoms with Crippen molar-refractivity contribution in [3.05, 3.63) is 40.9 Å². The van der Waals surface area contributed by atoms with Gasteiger partial charge in [0.25, 0.3) is 0 Å². The number of hydrogen-bond donors (Lipinski definition) is 1. The molecular formula is C15H13F3N2O3S2. The number of carbonyl (C=O) groups excluding carboxylic acids is 2. The molecule has 2 aromatic heterocycles. The van der Waals surface area contributed by atoms with E-state index in [-0.39, 0.29) is 17.9 Å². The lowest BCUT2D eigenvalue weighted by Crippen LogP contribution is -2.16. The van der Waals surface area contributed by atoms with Crippen molar-refractivity contribution in [1.29, 1.82) is 0 Å². The minimum atomic E-state index is -4.45. The molecule has 1 amide bonds. The molecule has 0 aliphatic rings. The van der Waals surface area contributed by atoms with Crippen LogP contribution < -0.4 is 5.32 Å². The van der Waals surface area contributed by atoms with Crippen molar-refractivity contribution < 1.29 is 27.5 Å². The van der Waals surface area contributed by atoms with Gasteiger partial charge in [-0.25, -0.2) is 9.78 Å². The number of amides is 1. The Kier molecular flexibility index (Phi) is 6.43. The molecule has 0 fully saturated rings. The first kappa shape index (κ1) is 19.3. The average molecular weight is 390 g/mol. The maximum absolute atomic E-state index is 12.5. The number of pyridine rings is 1. The first-order valence-corrected chi connectivity index (χ1v) is 8.88. The van der Waals surface area contributed by atoms with E-state index in [1.807, 2.05) is 0 Å². The summed E-state index contributed by atoms with van der Waals surface area (Å²) in [6.45, 7) is 1.90. The normalized spacial score (nSPS) is 11.2. The van der Waals surface area contributed by atoms with Crippen LogP contribution in [0.3, 0.4) is 0 Å². The van der Waals surface area contributed by atoms with Gasteiger partial charge in [0, 0.05) is 6.20 Å². The number of carbonyl (C=O) groups is 2. The monoisotopic (exact) mass is 390 g/mol. The summed E-state index contributed by atoms with van der Waals surface area (Å²) in [5, 5.41) is 4.89. The van der Waals surface area contributed by atoms with E-state index in [0.717, 1.165) is 24.0 Å². The maximum atomic E-state index is 12.5. The average Bonchev–Trinajstić information content (AvgIpc) is 3.01. The number of ether oxygens (including phenoxy) is 1. The number of esters is 1. The number of alkyl halides is 3. The highest BCUT2D eigenvalue weighted by atomic mass is 32.2. The number of rotatable bonds is 6. The summed E-state index contributed by atoms with van der Waals surface area (Å²) >= 11 is 2.17. The van der Waals surface area contributed by atoms with Gasteiger partial charge in [-0.1, -0.05) is 11.8 Å². The van der Waals surface area contributed by atoms with E-state index < -0.39 is 23.6 Å². The number of nitrogens with zero attached hydrogens (tertiary/aromatic N) is 1. The second-order valence-electron chi connectivity index (χ2n) is 4.60. The number of halogens is 3. The van der Waals surface area contributed by atoms with E-state index in [4.69, 9.17) is 4.74 Å². The van der Waals surface area contributed by atoms with Crippen LogP contribution >= 0.6 is 23.1 Å². The Balaban J connectivity index is 1.91. The molecule has 10 heteroatoms. The Bertz CT molecular complexity index is 745. The molecule has 1 N–H and O–H groups in total. The second-order valence-corrected chi connectivity index (χ2v) is 6.52. The minimum absolute atomic E-state index is 0.0570. The van der Waals surface area contributed by atoms with Crippen LogP contribution in [0.15, 0.2) is 34.8 Å². The number of aromatic nitrogens is 1. The zero-order valence-electron chi connectivity index (χ0n) is 12.9. The van der Waals surface area contributed by atoms with Gasteiger partial charge in [0.1, 0.15) is 5.00 Å². The van der Waals surface area contributed by atoms with Gasteiger partial charge < -0.3 is 10.1 Å². The summed E-state index contributed by atoms with van der Waals surface area (Å²) in [7, 11) is 0. The van der Waals surface area contributed by atoms with Crippen LogP contribution in [0.4, 0.5) is 18.2 Å². The first-order chi connectivity index (χ1) is 11.8. The molecule has 0 aliphatic carbocycles. The largest absolute Gasteiger partial charge is 0.462 e. The molecule has 0 aliphatic heterocycles. The molecule has 0 saturated carbocycles.